The summed E-state index contributed by atoms with van der Waals surface area (Å²) in [6.07, 6.45) is 10.3. The maximum atomic E-state index is 12.2. The van der Waals surface area contributed by atoms with Crippen molar-refractivity contribution in [3.63, 3.8) is 0 Å². The summed E-state index contributed by atoms with van der Waals surface area (Å²) in [6.45, 7) is 4.12. The molecule has 20 nitrogen and oxygen atoms in total. The van der Waals surface area contributed by atoms with Crippen LogP contribution in [0.15, 0.2) is 45.2 Å². The predicted molar refractivity (Wildman–Crippen MR) is 180 cm³/mol. The number of azo groups is 2. The van der Waals surface area contributed by atoms with Crippen LogP contribution in [-0.2, 0) is 36.4 Å². The number of carbonyl (C=O) groups excluding carboxylic acids is 2. The third-order valence-electron chi connectivity index (χ3n) is 7.64. The SMILES string of the molecule is CCCCc1nn(-c2cnc(-n3nc(CCCC)c(N=Nc4c(C(=O)OC)cnn4C)c3N)cn2)c(N)c1N=Nc1c(C(=O)OC)cnn1C. The van der Waals surface area contributed by atoms with Crippen LogP contribution in [0.3, 0.4) is 0 Å². The number of rotatable bonds is 14. The molecule has 0 aromatic carbocycles. The number of ether oxygens (including phenoxy) is 2. The molecular weight excluding hydrogens is 648 g/mol. The molecule has 5 rings (SSSR count). The first-order valence-corrected chi connectivity index (χ1v) is 15.7. The van der Waals surface area contributed by atoms with E-state index in [-0.39, 0.29) is 34.4 Å². The predicted octanol–water partition coefficient (Wildman–Crippen LogP) is 4.57. The van der Waals surface area contributed by atoms with E-state index in [1.807, 2.05) is 0 Å². The summed E-state index contributed by atoms with van der Waals surface area (Å²) in [7, 11) is 5.82. The van der Waals surface area contributed by atoms with Crippen molar-refractivity contribution in [3.05, 3.63) is 47.3 Å². The van der Waals surface area contributed by atoms with Gasteiger partial charge in [0.1, 0.15) is 11.1 Å². The Balaban J connectivity index is 1.49. The van der Waals surface area contributed by atoms with Gasteiger partial charge in [0.15, 0.2) is 46.3 Å². The van der Waals surface area contributed by atoms with E-state index in [1.54, 1.807) is 14.1 Å². The number of esters is 2. The van der Waals surface area contributed by atoms with Crippen LogP contribution in [0.4, 0.5) is 34.6 Å². The molecule has 0 amide bonds. The highest BCUT2D eigenvalue weighted by atomic mass is 16.5. The molecule has 0 unspecified atom stereocenters. The zero-order valence-corrected chi connectivity index (χ0v) is 28.6. The number of carbonyl (C=O) groups is 2. The fourth-order valence-corrected chi connectivity index (χ4v) is 4.87. The van der Waals surface area contributed by atoms with E-state index in [4.69, 9.17) is 20.9 Å². The van der Waals surface area contributed by atoms with Crippen molar-refractivity contribution in [3.8, 4) is 11.6 Å². The van der Waals surface area contributed by atoms with Crippen molar-refractivity contribution in [1.82, 2.24) is 49.1 Å². The Morgan fingerprint density at radius 3 is 1.42 bits per heavy atom. The smallest absolute Gasteiger partial charge is 0.343 e. The topological polar surface area (TPSA) is 251 Å². The van der Waals surface area contributed by atoms with Gasteiger partial charge in [-0.25, -0.2) is 28.9 Å². The Morgan fingerprint density at radius 2 is 1.08 bits per heavy atom. The summed E-state index contributed by atoms with van der Waals surface area (Å²) >= 11 is 0. The van der Waals surface area contributed by atoms with Crippen LogP contribution in [0.5, 0.6) is 0 Å². The molecule has 0 aliphatic rings. The molecule has 0 aliphatic carbocycles. The highest BCUT2D eigenvalue weighted by Crippen LogP contribution is 2.34. The molecular formula is C30H38N16O4. The van der Waals surface area contributed by atoms with E-state index in [1.165, 1.54) is 57.7 Å². The number of hydrogen-bond donors (Lipinski definition) is 2. The molecule has 50 heavy (non-hydrogen) atoms. The normalized spacial score (nSPS) is 11.6. The summed E-state index contributed by atoms with van der Waals surface area (Å²) < 4.78 is 15.3. The average molecular weight is 687 g/mol. The van der Waals surface area contributed by atoms with E-state index < -0.39 is 11.9 Å². The molecule has 5 heterocycles. The minimum atomic E-state index is -0.594. The van der Waals surface area contributed by atoms with Gasteiger partial charge in [-0.1, -0.05) is 26.7 Å². The number of methoxy groups -OCH3 is 2. The van der Waals surface area contributed by atoms with E-state index >= 15 is 0 Å². The summed E-state index contributed by atoms with van der Waals surface area (Å²) in [4.78, 5) is 33.5. The first-order valence-electron chi connectivity index (χ1n) is 15.7. The van der Waals surface area contributed by atoms with E-state index in [9.17, 15) is 9.59 Å². The van der Waals surface area contributed by atoms with Crippen LogP contribution < -0.4 is 11.5 Å². The van der Waals surface area contributed by atoms with Gasteiger partial charge in [0.05, 0.1) is 50.4 Å². The van der Waals surface area contributed by atoms with Crippen molar-refractivity contribution in [1.29, 1.82) is 0 Å². The summed E-state index contributed by atoms with van der Waals surface area (Å²) in [5.41, 5.74) is 15.3. The number of aromatic nitrogens is 10. The Hall–Kier alpha value is -6.34. The third-order valence-corrected chi connectivity index (χ3v) is 7.64. The van der Waals surface area contributed by atoms with Gasteiger partial charge in [-0.2, -0.15) is 29.8 Å². The zero-order chi connectivity index (χ0) is 35.9. The van der Waals surface area contributed by atoms with Gasteiger partial charge in [-0.15, -0.1) is 20.5 Å². The lowest BCUT2D eigenvalue weighted by molar-refractivity contribution is 0.0592. The second kappa shape index (κ2) is 15.3. The minimum absolute atomic E-state index is 0.157. The fourth-order valence-electron chi connectivity index (χ4n) is 4.87. The molecule has 0 saturated heterocycles. The quantitative estimate of drug-likeness (QED) is 0.120. The number of anilines is 2. The monoisotopic (exact) mass is 686 g/mol. The molecule has 0 radical (unpaired) electrons. The maximum Gasteiger partial charge on any atom is 0.343 e. The standard InChI is InChI=1S/C30H38N16O4/c1-7-9-11-19-23(37-39-27-17(29(47)49-5)13-35-43(27)3)25(31)45(41-19)21-15-34-22(16-33-21)46-26(32)24(20(42-46)12-10-8-2)38-40-28-18(30(48)50-6)14-36-44(28)4/h13-16H,7-12,31-32H2,1-6H3. The second-order valence-corrected chi connectivity index (χ2v) is 11.0. The number of hydrogen-bond acceptors (Lipinski definition) is 16. The van der Waals surface area contributed by atoms with Crippen LogP contribution in [0.25, 0.3) is 11.6 Å². The van der Waals surface area contributed by atoms with Gasteiger partial charge in [0.25, 0.3) is 0 Å². The van der Waals surface area contributed by atoms with Crippen molar-refractivity contribution >= 4 is 46.6 Å². The number of aryl methyl sites for hydroxylation is 4. The zero-order valence-electron chi connectivity index (χ0n) is 28.6. The van der Waals surface area contributed by atoms with Gasteiger partial charge in [0, 0.05) is 14.1 Å². The van der Waals surface area contributed by atoms with E-state index in [0.29, 0.717) is 47.2 Å². The molecule has 5 aromatic rings. The maximum absolute atomic E-state index is 12.2. The highest BCUT2D eigenvalue weighted by molar-refractivity contribution is 5.94. The van der Waals surface area contributed by atoms with E-state index in [0.717, 1.165) is 25.7 Å². The Kier molecular flexibility index (Phi) is 10.7. The number of nitrogens with two attached hydrogens (primary N) is 2. The summed E-state index contributed by atoms with van der Waals surface area (Å²) in [5.74, 6) is 0.185. The van der Waals surface area contributed by atoms with Crippen LogP contribution in [0, 0.1) is 0 Å². The molecule has 0 atom stereocenters. The number of nitrogen functional groups attached to an aromatic ring is 2. The molecule has 262 valence electrons. The van der Waals surface area contributed by atoms with Crippen molar-refractivity contribution in [2.45, 2.75) is 52.4 Å². The number of unbranched alkanes of at least 4 members (excludes halogenated alkanes) is 2. The molecule has 0 aliphatic heterocycles. The lowest BCUT2D eigenvalue weighted by Crippen LogP contribution is -2.09. The number of nitrogens with zero attached hydrogens (tertiary/aromatic N) is 14. The molecule has 0 saturated carbocycles. The first kappa shape index (κ1) is 35.0. The highest BCUT2D eigenvalue weighted by Gasteiger charge is 2.23. The first-order chi connectivity index (χ1) is 24.1. The van der Waals surface area contributed by atoms with Crippen LogP contribution in [0.2, 0.25) is 0 Å². The van der Waals surface area contributed by atoms with Gasteiger partial charge >= 0.3 is 11.9 Å². The largest absolute Gasteiger partial charge is 0.465 e. The summed E-state index contributed by atoms with van der Waals surface area (Å²) in [6, 6.07) is 0. The van der Waals surface area contributed by atoms with Crippen molar-refractivity contribution < 1.29 is 19.1 Å². The lowest BCUT2D eigenvalue weighted by atomic mass is 10.2. The molecule has 20 heteroatoms. The fraction of sp³-hybridized carbons (Fsp3) is 0.400. The van der Waals surface area contributed by atoms with Crippen LogP contribution in [0.1, 0.15) is 71.6 Å². The Morgan fingerprint density at radius 1 is 0.680 bits per heavy atom. The minimum Gasteiger partial charge on any atom is -0.465 e. The summed E-state index contributed by atoms with van der Waals surface area (Å²) in [5, 5.41) is 34.8. The van der Waals surface area contributed by atoms with Crippen molar-refractivity contribution in [2.24, 2.45) is 34.6 Å². The molecule has 0 spiro atoms. The Bertz CT molecular complexity index is 1910. The molecule has 0 bridgehead atoms. The molecule has 4 N–H and O–H groups in total. The lowest BCUT2D eigenvalue weighted by Gasteiger charge is -2.05. The average Bonchev–Trinajstić information content (AvgIpc) is 3.86. The second-order valence-electron chi connectivity index (χ2n) is 11.0. The van der Waals surface area contributed by atoms with Crippen LogP contribution in [-0.4, -0.2) is 75.2 Å². The van der Waals surface area contributed by atoms with Gasteiger partial charge in [-0.3, -0.25) is 0 Å². The van der Waals surface area contributed by atoms with Gasteiger partial charge in [-0.05, 0) is 25.7 Å². The Labute approximate surface area is 286 Å². The van der Waals surface area contributed by atoms with E-state index in [2.05, 4.69) is 64.7 Å². The van der Waals surface area contributed by atoms with Gasteiger partial charge in [0.2, 0.25) is 0 Å². The van der Waals surface area contributed by atoms with Crippen LogP contribution >= 0.6 is 0 Å². The molecule has 5 aromatic heterocycles. The van der Waals surface area contributed by atoms with Gasteiger partial charge < -0.3 is 20.9 Å². The third kappa shape index (κ3) is 6.93. The molecule has 0 fully saturated rings. The van der Waals surface area contributed by atoms with Crippen molar-refractivity contribution in [2.75, 3.05) is 25.7 Å².